The molecule has 0 unspecified atom stereocenters. The Bertz CT molecular complexity index is 914. The van der Waals surface area contributed by atoms with Crippen LogP contribution in [0.4, 0.5) is 4.79 Å². The fourth-order valence-corrected chi connectivity index (χ4v) is 2.60. The van der Waals surface area contributed by atoms with Crippen molar-refractivity contribution in [3.63, 3.8) is 0 Å². The van der Waals surface area contributed by atoms with E-state index in [-0.39, 0.29) is 12.0 Å². The average Bonchev–Trinajstić information content (AvgIpc) is 2.63. The average molecular weight is 404 g/mol. The van der Waals surface area contributed by atoms with Crippen LogP contribution in [0.15, 0.2) is 29.1 Å². The van der Waals surface area contributed by atoms with Crippen molar-refractivity contribution in [2.45, 2.75) is 45.6 Å². The number of hydrogen-bond donors (Lipinski definition) is 2. The third-order valence-corrected chi connectivity index (χ3v) is 3.96. The van der Waals surface area contributed by atoms with Gasteiger partial charge in [0.25, 0.3) is 5.56 Å². The molecule has 158 valence electrons. The van der Waals surface area contributed by atoms with E-state index in [1.807, 2.05) is 32.9 Å². The third kappa shape index (κ3) is 7.48. The molecule has 0 aliphatic heterocycles. The number of carbonyl (C=O) groups excluding carboxylic acids is 2. The van der Waals surface area contributed by atoms with E-state index < -0.39 is 17.7 Å². The van der Waals surface area contributed by atoms with Gasteiger partial charge in [0.1, 0.15) is 11.4 Å². The van der Waals surface area contributed by atoms with E-state index in [1.54, 1.807) is 12.1 Å². The number of nitrogens with one attached hydrogen (secondary N) is 2. The fourth-order valence-electron chi connectivity index (χ4n) is 2.60. The molecule has 0 saturated heterocycles. The third-order valence-electron chi connectivity index (χ3n) is 3.96. The van der Waals surface area contributed by atoms with Crippen molar-refractivity contribution in [3.8, 4) is 5.75 Å². The lowest BCUT2D eigenvalue weighted by molar-refractivity contribution is -0.139. The Hall–Kier alpha value is -3.03. The summed E-state index contributed by atoms with van der Waals surface area (Å²) in [5.41, 5.74) is 0.154. The Morgan fingerprint density at radius 2 is 1.90 bits per heavy atom. The molecule has 1 heterocycles. The molecule has 1 aromatic heterocycles. The van der Waals surface area contributed by atoms with Gasteiger partial charge >= 0.3 is 12.1 Å². The zero-order chi connectivity index (χ0) is 21.4. The van der Waals surface area contributed by atoms with Gasteiger partial charge in [-0.25, -0.2) is 4.79 Å². The highest BCUT2D eigenvalue weighted by molar-refractivity contribution is 5.82. The predicted octanol–water partition coefficient (Wildman–Crippen LogP) is 2.93. The SMILES string of the molecule is COC(=O)Cc1cc2ccc(OCCCCNC(=O)OC(C)(C)C)cc2[nH]c1=O. The van der Waals surface area contributed by atoms with Crippen molar-refractivity contribution in [1.29, 1.82) is 0 Å². The van der Waals surface area contributed by atoms with E-state index in [0.29, 0.717) is 30.0 Å². The van der Waals surface area contributed by atoms with Crippen LogP contribution >= 0.6 is 0 Å². The molecule has 0 spiro atoms. The number of amides is 1. The van der Waals surface area contributed by atoms with Gasteiger partial charge in [0.15, 0.2) is 0 Å². The van der Waals surface area contributed by atoms with Crippen LogP contribution in [0, 0.1) is 0 Å². The van der Waals surface area contributed by atoms with Gasteiger partial charge in [0, 0.05) is 18.2 Å². The minimum Gasteiger partial charge on any atom is -0.494 e. The second kappa shape index (κ2) is 9.95. The quantitative estimate of drug-likeness (QED) is 0.517. The highest BCUT2D eigenvalue weighted by atomic mass is 16.6. The largest absolute Gasteiger partial charge is 0.494 e. The standard InChI is InChI=1S/C21H28N2O6/c1-21(2,3)29-20(26)22-9-5-6-10-28-16-8-7-14-11-15(12-18(24)27-4)19(25)23-17(14)13-16/h7-8,11,13H,5-6,9-10,12H2,1-4H3,(H,22,26)(H,23,25). The monoisotopic (exact) mass is 404 g/mol. The number of carbonyl (C=O) groups is 2. The van der Waals surface area contributed by atoms with Crippen LogP contribution in [0.25, 0.3) is 10.9 Å². The fraction of sp³-hybridized carbons (Fsp3) is 0.476. The van der Waals surface area contributed by atoms with E-state index in [4.69, 9.17) is 9.47 Å². The minimum absolute atomic E-state index is 0.0721. The van der Waals surface area contributed by atoms with E-state index >= 15 is 0 Å². The van der Waals surface area contributed by atoms with Crippen LogP contribution in [-0.4, -0.2) is 42.9 Å². The molecule has 0 aliphatic rings. The van der Waals surface area contributed by atoms with Gasteiger partial charge < -0.3 is 24.5 Å². The summed E-state index contributed by atoms with van der Waals surface area (Å²) in [6.45, 7) is 6.43. The highest BCUT2D eigenvalue weighted by Gasteiger charge is 2.15. The van der Waals surface area contributed by atoms with Crippen LogP contribution in [0.5, 0.6) is 5.75 Å². The Morgan fingerprint density at radius 3 is 2.59 bits per heavy atom. The molecule has 29 heavy (non-hydrogen) atoms. The summed E-state index contributed by atoms with van der Waals surface area (Å²) in [6, 6.07) is 7.06. The summed E-state index contributed by atoms with van der Waals surface area (Å²) in [4.78, 5) is 37.8. The molecule has 2 rings (SSSR count). The van der Waals surface area contributed by atoms with Crippen molar-refractivity contribution in [3.05, 3.63) is 40.2 Å². The maximum atomic E-state index is 12.1. The second-order valence-corrected chi connectivity index (χ2v) is 7.61. The van der Waals surface area contributed by atoms with Crippen LogP contribution < -0.4 is 15.6 Å². The second-order valence-electron chi connectivity index (χ2n) is 7.61. The number of pyridine rings is 1. The lowest BCUT2D eigenvalue weighted by atomic mass is 10.1. The normalized spacial score (nSPS) is 11.2. The number of rotatable bonds is 8. The first kappa shape index (κ1) is 22.3. The van der Waals surface area contributed by atoms with Gasteiger partial charge in [0.05, 0.1) is 25.7 Å². The molecule has 1 amide bonds. The zero-order valence-corrected chi connectivity index (χ0v) is 17.3. The highest BCUT2D eigenvalue weighted by Crippen LogP contribution is 2.19. The molecule has 0 atom stereocenters. The Balaban J connectivity index is 1.82. The van der Waals surface area contributed by atoms with Gasteiger partial charge in [-0.2, -0.15) is 0 Å². The molecule has 0 aliphatic carbocycles. The number of ether oxygens (including phenoxy) is 3. The summed E-state index contributed by atoms with van der Waals surface area (Å²) in [5, 5.41) is 3.51. The number of aromatic nitrogens is 1. The number of unbranched alkanes of at least 4 members (excludes halogenated alkanes) is 1. The zero-order valence-electron chi connectivity index (χ0n) is 17.3. The molecule has 8 heteroatoms. The summed E-state index contributed by atoms with van der Waals surface area (Å²) in [6.07, 6.45) is 1.00. The Labute approximate surface area is 169 Å². The molecule has 8 nitrogen and oxygen atoms in total. The van der Waals surface area contributed by atoms with Crippen LogP contribution in [-0.2, 0) is 20.7 Å². The van der Waals surface area contributed by atoms with Crippen molar-refractivity contribution in [2.24, 2.45) is 0 Å². The predicted molar refractivity (Wildman–Crippen MR) is 109 cm³/mol. The number of hydrogen-bond acceptors (Lipinski definition) is 6. The first-order valence-corrected chi connectivity index (χ1v) is 9.50. The Morgan fingerprint density at radius 1 is 1.14 bits per heavy atom. The van der Waals surface area contributed by atoms with E-state index in [0.717, 1.165) is 18.2 Å². The van der Waals surface area contributed by atoms with Gasteiger partial charge in [-0.15, -0.1) is 0 Å². The topological polar surface area (TPSA) is 107 Å². The Kier molecular flexibility index (Phi) is 7.64. The number of benzene rings is 1. The molecular formula is C21H28N2O6. The maximum Gasteiger partial charge on any atom is 0.407 e. The first-order valence-electron chi connectivity index (χ1n) is 9.50. The number of alkyl carbamates (subject to hydrolysis) is 1. The lowest BCUT2D eigenvalue weighted by Gasteiger charge is -2.19. The summed E-state index contributed by atoms with van der Waals surface area (Å²) in [7, 11) is 1.29. The molecule has 2 N–H and O–H groups in total. The minimum atomic E-state index is -0.510. The van der Waals surface area contributed by atoms with Crippen LogP contribution in [0.3, 0.4) is 0 Å². The summed E-state index contributed by atoms with van der Waals surface area (Å²) < 4.78 is 15.5. The molecule has 0 fully saturated rings. The molecule has 1 aromatic carbocycles. The number of esters is 1. The van der Waals surface area contributed by atoms with Crippen molar-refractivity contribution in [2.75, 3.05) is 20.3 Å². The molecule has 0 bridgehead atoms. The van der Waals surface area contributed by atoms with Gasteiger partial charge in [-0.05, 0) is 57.2 Å². The van der Waals surface area contributed by atoms with Gasteiger partial charge in [-0.1, -0.05) is 0 Å². The molecular weight excluding hydrogens is 376 g/mol. The van der Waals surface area contributed by atoms with Gasteiger partial charge in [0.2, 0.25) is 0 Å². The van der Waals surface area contributed by atoms with Crippen molar-refractivity contribution < 1.29 is 23.8 Å². The molecule has 2 aromatic rings. The number of H-pyrrole nitrogens is 1. The van der Waals surface area contributed by atoms with Crippen LogP contribution in [0.2, 0.25) is 0 Å². The van der Waals surface area contributed by atoms with E-state index in [9.17, 15) is 14.4 Å². The number of fused-ring (bicyclic) bond motifs is 1. The number of methoxy groups -OCH3 is 1. The number of aromatic amines is 1. The summed E-state index contributed by atoms with van der Waals surface area (Å²) in [5.74, 6) is 0.171. The van der Waals surface area contributed by atoms with Gasteiger partial charge in [-0.3, -0.25) is 9.59 Å². The van der Waals surface area contributed by atoms with E-state index in [1.165, 1.54) is 7.11 Å². The maximum absolute atomic E-state index is 12.1. The lowest BCUT2D eigenvalue weighted by Crippen LogP contribution is -2.33. The van der Waals surface area contributed by atoms with Crippen molar-refractivity contribution in [1.82, 2.24) is 10.3 Å². The molecule has 0 saturated carbocycles. The van der Waals surface area contributed by atoms with Crippen molar-refractivity contribution >= 4 is 23.0 Å². The summed E-state index contributed by atoms with van der Waals surface area (Å²) >= 11 is 0. The first-order chi connectivity index (χ1) is 13.7. The van der Waals surface area contributed by atoms with Crippen LogP contribution in [0.1, 0.15) is 39.2 Å². The smallest absolute Gasteiger partial charge is 0.407 e. The van der Waals surface area contributed by atoms with E-state index in [2.05, 4.69) is 15.0 Å². The molecule has 0 radical (unpaired) electrons.